The molecule has 0 aliphatic carbocycles. The summed E-state index contributed by atoms with van der Waals surface area (Å²) in [6.07, 6.45) is 2.71. The summed E-state index contributed by atoms with van der Waals surface area (Å²) < 4.78 is 7.28. The van der Waals surface area contributed by atoms with Crippen molar-refractivity contribution in [1.29, 1.82) is 0 Å². The number of rotatable bonds is 6. The number of hydrogen-bond acceptors (Lipinski definition) is 4. The van der Waals surface area contributed by atoms with Crippen LogP contribution in [0.15, 0.2) is 30.6 Å². The number of methoxy groups -OCH3 is 1. The third-order valence-corrected chi connectivity index (χ3v) is 2.81. The van der Waals surface area contributed by atoms with Gasteiger partial charge in [-0.3, -0.25) is 0 Å². The minimum atomic E-state index is 0.734. The molecule has 0 bridgehead atoms. The highest BCUT2D eigenvalue weighted by Crippen LogP contribution is 2.13. The fraction of sp³-hybridized carbons (Fsp3) is 0.385. The van der Waals surface area contributed by atoms with Gasteiger partial charge in [0.1, 0.15) is 17.9 Å². The maximum Gasteiger partial charge on any atom is 0.146 e. The van der Waals surface area contributed by atoms with Crippen LogP contribution in [0.25, 0.3) is 0 Å². The maximum absolute atomic E-state index is 5.21. The van der Waals surface area contributed by atoms with E-state index in [2.05, 4.69) is 32.2 Å². The van der Waals surface area contributed by atoms with E-state index in [1.54, 1.807) is 13.4 Å². The molecule has 0 amide bonds. The highest BCUT2D eigenvalue weighted by molar-refractivity contribution is 5.28. The van der Waals surface area contributed by atoms with Crippen molar-refractivity contribution in [2.75, 3.05) is 14.2 Å². The number of aromatic nitrogens is 3. The van der Waals surface area contributed by atoms with Crippen LogP contribution in [0.3, 0.4) is 0 Å². The third-order valence-electron chi connectivity index (χ3n) is 2.81. The summed E-state index contributed by atoms with van der Waals surface area (Å²) in [7, 11) is 3.59. The molecule has 0 fully saturated rings. The first kappa shape index (κ1) is 12.6. The molecule has 1 aromatic heterocycles. The van der Waals surface area contributed by atoms with E-state index in [1.807, 2.05) is 19.2 Å². The molecule has 5 heteroatoms. The van der Waals surface area contributed by atoms with Gasteiger partial charge in [-0.25, -0.2) is 0 Å². The summed E-state index contributed by atoms with van der Waals surface area (Å²) in [5, 5.41) is 11.1. The van der Waals surface area contributed by atoms with E-state index in [4.69, 9.17) is 4.74 Å². The Balaban J connectivity index is 1.99. The molecule has 2 aromatic rings. The number of hydrogen-bond donors (Lipinski definition) is 1. The predicted molar refractivity (Wildman–Crippen MR) is 69.5 cm³/mol. The Kier molecular flexibility index (Phi) is 4.30. The molecular formula is C13H18N4O. The lowest BCUT2D eigenvalue weighted by Gasteiger charge is -2.07. The van der Waals surface area contributed by atoms with Crippen LogP contribution < -0.4 is 10.1 Å². The average molecular weight is 246 g/mol. The number of nitrogens with one attached hydrogen (secondary N) is 1. The Labute approximate surface area is 107 Å². The summed E-state index contributed by atoms with van der Waals surface area (Å²) in [5.74, 6) is 1.85. The lowest BCUT2D eigenvalue weighted by atomic mass is 10.1. The normalized spacial score (nSPS) is 10.6. The van der Waals surface area contributed by atoms with Crippen molar-refractivity contribution < 1.29 is 4.74 Å². The molecule has 0 radical (unpaired) electrons. The zero-order chi connectivity index (χ0) is 12.8. The summed E-state index contributed by atoms with van der Waals surface area (Å²) in [6.45, 7) is 1.61. The van der Waals surface area contributed by atoms with Crippen LogP contribution in [0.5, 0.6) is 5.75 Å². The first-order valence-corrected chi connectivity index (χ1v) is 5.97. The molecule has 2 rings (SSSR count). The number of nitrogens with zero attached hydrogens (tertiary/aromatic N) is 3. The summed E-state index contributed by atoms with van der Waals surface area (Å²) in [4.78, 5) is 0. The highest BCUT2D eigenvalue weighted by Gasteiger charge is 2.03. The first-order chi connectivity index (χ1) is 8.83. The molecule has 0 spiro atoms. The van der Waals surface area contributed by atoms with Crippen LogP contribution in [0.1, 0.15) is 11.4 Å². The van der Waals surface area contributed by atoms with Crippen molar-refractivity contribution >= 4 is 0 Å². The second kappa shape index (κ2) is 6.16. The zero-order valence-corrected chi connectivity index (χ0v) is 10.8. The van der Waals surface area contributed by atoms with Crippen LogP contribution in [-0.4, -0.2) is 28.9 Å². The number of ether oxygens (including phenoxy) is 1. The molecule has 1 N–H and O–H groups in total. The van der Waals surface area contributed by atoms with Crippen molar-refractivity contribution in [2.24, 2.45) is 0 Å². The zero-order valence-electron chi connectivity index (χ0n) is 10.8. The number of aryl methyl sites for hydroxylation is 2. The first-order valence-electron chi connectivity index (χ1n) is 5.97. The fourth-order valence-electron chi connectivity index (χ4n) is 1.84. The lowest BCUT2D eigenvalue weighted by Crippen LogP contribution is -2.13. The molecule has 96 valence electrons. The van der Waals surface area contributed by atoms with Gasteiger partial charge in [0, 0.05) is 6.54 Å². The van der Waals surface area contributed by atoms with E-state index in [-0.39, 0.29) is 0 Å². The Morgan fingerprint density at radius 3 is 3.06 bits per heavy atom. The minimum absolute atomic E-state index is 0.734. The fourth-order valence-corrected chi connectivity index (χ4v) is 1.84. The van der Waals surface area contributed by atoms with E-state index < -0.39 is 0 Å². The largest absolute Gasteiger partial charge is 0.497 e. The quantitative estimate of drug-likeness (QED) is 0.833. The second-order valence-electron chi connectivity index (χ2n) is 4.07. The SMILES string of the molecule is CNCc1nncn1CCc1cccc(OC)c1. The van der Waals surface area contributed by atoms with Gasteiger partial charge in [-0.15, -0.1) is 10.2 Å². The van der Waals surface area contributed by atoms with Gasteiger partial charge in [-0.2, -0.15) is 0 Å². The van der Waals surface area contributed by atoms with Crippen LogP contribution in [-0.2, 0) is 19.5 Å². The smallest absolute Gasteiger partial charge is 0.146 e. The van der Waals surface area contributed by atoms with Crippen LogP contribution >= 0.6 is 0 Å². The molecule has 0 unspecified atom stereocenters. The minimum Gasteiger partial charge on any atom is -0.497 e. The van der Waals surface area contributed by atoms with Gasteiger partial charge < -0.3 is 14.6 Å². The van der Waals surface area contributed by atoms with Crippen LogP contribution in [0, 0.1) is 0 Å². The topological polar surface area (TPSA) is 52.0 Å². The Hall–Kier alpha value is -1.88. The molecule has 0 aliphatic heterocycles. The van der Waals surface area contributed by atoms with Crippen molar-refractivity contribution in [1.82, 2.24) is 20.1 Å². The molecule has 0 saturated carbocycles. The van der Waals surface area contributed by atoms with Gasteiger partial charge in [0.05, 0.1) is 13.7 Å². The lowest BCUT2D eigenvalue weighted by molar-refractivity contribution is 0.414. The highest BCUT2D eigenvalue weighted by atomic mass is 16.5. The van der Waals surface area contributed by atoms with Gasteiger partial charge in [0.2, 0.25) is 0 Å². The average Bonchev–Trinajstić information content (AvgIpc) is 2.85. The van der Waals surface area contributed by atoms with E-state index in [1.165, 1.54) is 5.56 Å². The summed E-state index contributed by atoms with van der Waals surface area (Å²) in [6, 6.07) is 8.12. The van der Waals surface area contributed by atoms with E-state index in [0.717, 1.165) is 31.1 Å². The molecular weight excluding hydrogens is 228 g/mol. The van der Waals surface area contributed by atoms with E-state index in [9.17, 15) is 0 Å². The van der Waals surface area contributed by atoms with Crippen molar-refractivity contribution in [3.63, 3.8) is 0 Å². The van der Waals surface area contributed by atoms with Gasteiger partial charge in [-0.1, -0.05) is 12.1 Å². The molecule has 0 atom stereocenters. The molecule has 1 heterocycles. The summed E-state index contributed by atoms with van der Waals surface area (Å²) >= 11 is 0. The summed E-state index contributed by atoms with van der Waals surface area (Å²) in [5.41, 5.74) is 1.25. The molecule has 1 aromatic carbocycles. The van der Waals surface area contributed by atoms with Crippen LogP contribution in [0.4, 0.5) is 0 Å². The van der Waals surface area contributed by atoms with Gasteiger partial charge in [0.15, 0.2) is 0 Å². The Morgan fingerprint density at radius 2 is 2.28 bits per heavy atom. The Bertz CT molecular complexity index is 495. The van der Waals surface area contributed by atoms with Crippen molar-refractivity contribution in [3.05, 3.63) is 42.0 Å². The Morgan fingerprint density at radius 1 is 1.39 bits per heavy atom. The second-order valence-corrected chi connectivity index (χ2v) is 4.07. The van der Waals surface area contributed by atoms with Crippen LogP contribution in [0.2, 0.25) is 0 Å². The maximum atomic E-state index is 5.21. The van der Waals surface area contributed by atoms with Gasteiger partial charge in [0.25, 0.3) is 0 Å². The van der Waals surface area contributed by atoms with Gasteiger partial charge in [-0.05, 0) is 31.2 Å². The standard InChI is InChI=1S/C13H18N4O/c1-14-9-13-16-15-10-17(13)7-6-11-4-3-5-12(8-11)18-2/h3-5,8,10,14H,6-7,9H2,1-2H3. The molecule has 18 heavy (non-hydrogen) atoms. The van der Waals surface area contributed by atoms with Crippen molar-refractivity contribution in [3.8, 4) is 5.75 Å². The van der Waals surface area contributed by atoms with Gasteiger partial charge >= 0.3 is 0 Å². The molecule has 0 aliphatic rings. The monoisotopic (exact) mass is 246 g/mol. The third kappa shape index (κ3) is 3.07. The predicted octanol–water partition coefficient (Wildman–Crippen LogP) is 1.25. The van der Waals surface area contributed by atoms with E-state index in [0.29, 0.717) is 0 Å². The van der Waals surface area contributed by atoms with E-state index >= 15 is 0 Å². The molecule has 5 nitrogen and oxygen atoms in total. The number of benzene rings is 1. The van der Waals surface area contributed by atoms with Crippen molar-refractivity contribution in [2.45, 2.75) is 19.5 Å². The molecule has 0 saturated heterocycles.